The Balaban J connectivity index is 2.66. The molecule has 1 rings (SSSR count). The van der Waals surface area contributed by atoms with E-state index < -0.39 is 0 Å². The third-order valence-corrected chi connectivity index (χ3v) is 2.69. The smallest absolute Gasteiger partial charge is 0.251 e. The number of rotatable bonds is 4. The van der Waals surface area contributed by atoms with Crippen LogP contribution in [-0.2, 0) is 0 Å². The van der Waals surface area contributed by atoms with Gasteiger partial charge < -0.3 is 10.6 Å². The number of carbonyl (C=O) groups excluding carboxylic acids is 1. The quantitative estimate of drug-likeness (QED) is 0.810. The summed E-state index contributed by atoms with van der Waals surface area (Å²) in [5, 5.41) is 5.99. The molecule has 16 heavy (non-hydrogen) atoms. The molecule has 88 valence electrons. The summed E-state index contributed by atoms with van der Waals surface area (Å²) in [6.45, 7) is 6.66. The van der Waals surface area contributed by atoms with Crippen LogP contribution in [0.5, 0.6) is 0 Å². The predicted octanol–water partition coefficient (Wildman–Crippen LogP) is 1.64. The Kier molecular flexibility index (Phi) is 4.50. The summed E-state index contributed by atoms with van der Waals surface area (Å²) in [4.78, 5) is 11.9. The number of carbonyl (C=O) groups is 1. The van der Waals surface area contributed by atoms with Crippen LogP contribution in [0.3, 0.4) is 0 Å². The van der Waals surface area contributed by atoms with Crippen molar-refractivity contribution in [1.82, 2.24) is 10.6 Å². The molecule has 1 aromatic carbocycles. The summed E-state index contributed by atoms with van der Waals surface area (Å²) in [7, 11) is 1.88. The molecule has 1 unspecified atom stereocenters. The molecule has 0 saturated carbocycles. The van der Waals surface area contributed by atoms with Crippen molar-refractivity contribution in [3.05, 3.63) is 34.9 Å². The van der Waals surface area contributed by atoms with Crippen molar-refractivity contribution in [2.45, 2.75) is 26.8 Å². The molecule has 1 aromatic rings. The summed E-state index contributed by atoms with van der Waals surface area (Å²) >= 11 is 0. The highest BCUT2D eigenvalue weighted by Gasteiger charge is 2.09. The molecule has 0 aliphatic rings. The van der Waals surface area contributed by atoms with Gasteiger partial charge in [-0.1, -0.05) is 17.7 Å². The number of amides is 1. The minimum atomic E-state index is -0.000370. The van der Waals surface area contributed by atoms with Crippen molar-refractivity contribution in [1.29, 1.82) is 0 Å². The van der Waals surface area contributed by atoms with Crippen molar-refractivity contribution in [2.24, 2.45) is 0 Å². The zero-order chi connectivity index (χ0) is 12.1. The van der Waals surface area contributed by atoms with E-state index in [1.165, 1.54) is 5.56 Å². The molecule has 0 saturated heterocycles. The Bertz CT molecular complexity index is 374. The van der Waals surface area contributed by atoms with E-state index in [4.69, 9.17) is 0 Å². The Morgan fingerprint density at radius 1 is 1.38 bits per heavy atom. The number of aryl methyl sites for hydroxylation is 2. The maximum atomic E-state index is 11.9. The summed E-state index contributed by atoms with van der Waals surface area (Å²) in [5.74, 6) is -0.000370. The lowest BCUT2D eigenvalue weighted by molar-refractivity contribution is 0.0950. The standard InChI is InChI=1S/C13H20N2O/c1-9-5-6-12(10(2)7-9)13(16)15-8-11(3)14-4/h5-7,11,14H,8H2,1-4H3,(H,15,16). The fourth-order valence-corrected chi connectivity index (χ4v) is 1.51. The fraction of sp³-hybridized carbons (Fsp3) is 0.462. The summed E-state index contributed by atoms with van der Waals surface area (Å²) in [5.41, 5.74) is 2.96. The first-order valence-electron chi connectivity index (χ1n) is 5.57. The number of benzene rings is 1. The third-order valence-electron chi connectivity index (χ3n) is 2.69. The van der Waals surface area contributed by atoms with Crippen LogP contribution >= 0.6 is 0 Å². The molecule has 0 spiro atoms. The van der Waals surface area contributed by atoms with E-state index in [9.17, 15) is 4.79 Å². The monoisotopic (exact) mass is 220 g/mol. The van der Waals surface area contributed by atoms with E-state index in [0.29, 0.717) is 6.54 Å². The Morgan fingerprint density at radius 2 is 2.06 bits per heavy atom. The van der Waals surface area contributed by atoms with E-state index in [0.717, 1.165) is 11.1 Å². The van der Waals surface area contributed by atoms with Crippen molar-refractivity contribution < 1.29 is 4.79 Å². The van der Waals surface area contributed by atoms with Gasteiger partial charge in [0.25, 0.3) is 5.91 Å². The molecular weight excluding hydrogens is 200 g/mol. The maximum absolute atomic E-state index is 11.9. The second-order valence-corrected chi connectivity index (χ2v) is 4.22. The Morgan fingerprint density at radius 3 is 2.62 bits per heavy atom. The fourth-order valence-electron chi connectivity index (χ4n) is 1.51. The van der Waals surface area contributed by atoms with Gasteiger partial charge >= 0.3 is 0 Å². The molecule has 1 atom stereocenters. The van der Waals surface area contributed by atoms with Gasteiger partial charge in [0.1, 0.15) is 0 Å². The van der Waals surface area contributed by atoms with Crippen molar-refractivity contribution >= 4 is 5.91 Å². The van der Waals surface area contributed by atoms with E-state index in [2.05, 4.69) is 10.6 Å². The molecule has 3 nitrogen and oxygen atoms in total. The maximum Gasteiger partial charge on any atom is 0.251 e. The summed E-state index contributed by atoms with van der Waals surface area (Å²) in [6, 6.07) is 6.15. The molecule has 0 bridgehead atoms. The first-order chi connectivity index (χ1) is 7.54. The first kappa shape index (κ1) is 12.7. The van der Waals surface area contributed by atoms with Gasteiger partial charge in [-0.25, -0.2) is 0 Å². The molecule has 0 heterocycles. The molecule has 0 aromatic heterocycles. The van der Waals surface area contributed by atoms with E-state index in [1.54, 1.807) is 0 Å². The largest absolute Gasteiger partial charge is 0.350 e. The minimum absolute atomic E-state index is 0.000370. The van der Waals surface area contributed by atoms with E-state index >= 15 is 0 Å². The molecule has 0 fully saturated rings. The van der Waals surface area contributed by atoms with Gasteiger partial charge in [-0.15, -0.1) is 0 Å². The van der Waals surface area contributed by atoms with E-state index in [-0.39, 0.29) is 11.9 Å². The van der Waals surface area contributed by atoms with Gasteiger partial charge in [0.2, 0.25) is 0 Å². The van der Waals surface area contributed by atoms with Crippen LogP contribution in [-0.4, -0.2) is 25.5 Å². The second-order valence-electron chi connectivity index (χ2n) is 4.22. The Hall–Kier alpha value is -1.35. The highest BCUT2D eigenvalue weighted by atomic mass is 16.1. The molecule has 0 aliphatic carbocycles. The van der Waals surface area contributed by atoms with Crippen molar-refractivity contribution in [2.75, 3.05) is 13.6 Å². The van der Waals surface area contributed by atoms with Crippen LogP contribution in [0.2, 0.25) is 0 Å². The van der Waals surface area contributed by atoms with Gasteiger partial charge in [0, 0.05) is 18.2 Å². The second kappa shape index (κ2) is 5.66. The van der Waals surface area contributed by atoms with Crippen LogP contribution < -0.4 is 10.6 Å². The van der Waals surface area contributed by atoms with Crippen molar-refractivity contribution in [3.8, 4) is 0 Å². The SMILES string of the molecule is CNC(C)CNC(=O)c1ccc(C)cc1C. The minimum Gasteiger partial charge on any atom is -0.350 e. The normalized spacial score (nSPS) is 12.2. The van der Waals surface area contributed by atoms with Crippen LogP contribution in [0, 0.1) is 13.8 Å². The molecule has 3 heteroatoms. The highest BCUT2D eigenvalue weighted by molar-refractivity contribution is 5.95. The van der Waals surface area contributed by atoms with Gasteiger partial charge in [0.05, 0.1) is 0 Å². The number of hydrogen-bond acceptors (Lipinski definition) is 2. The molecule has 0 radical (unpaired) electrons. The number of nitrogens with one attached hydrogen (secondary N) is 2. The van der Waals surface area contributed by atoms with Crippen LogP contribution in [0.4, 0.5) is 0 Å². The molecule has 2 N–H and O–H groups in total. The lowest BCUT2D eigenvalue weighted by Gasteiger charge is -2.12. The zero-order valence-electron chi connectivity index (χ0n) is 10.4. The highest BCUT2D eigenvalue weighted by Crippen LogP contribution is 2.10. The van der Waals surface area contributed by atoms with Gasteiger partial charge in [0.15, 0.2) is 0 Å². The average molecular weight is 220 g/mol. The molecule has 1 amide bonds. The molecular formula is C13H20N2O. The Labute approximate surface area is 97.2 Å². The van der Waals surface area contributed by atoms with Gasteiger partial charge in [-0.2, -0.15) is 0 Å². The van der Waals surface area contributed by atoms with Gasteiger partial charge in [-0.3, -0.25) is 4.79 Å². The average Bonchev–Trinajstić information content (AvgIpc) is 2.25. The van der Waals surface area contributed by atoms with Crippen LogP contribution in [0.1, 0.15) is 28.4 Å². The number of likely N-dealkylation sites (N-methyl/N-ethyl adjacent to an activating group) is 1. The van der Waals surface area contributed by atoms with E-state index in [1.807, 2.05) is 46.0 Å². The lowest BCUT2D eigenvalue weighted by Crippen LogP contribution is -2.37. The topological polar surface area (TPSA) is 41.1 Å². The predicted molar refractivity (Wildman–Crippen MR) is 66.8 cm³/mol. The van der Waals surface area contributed by atoms with Gasteiger partial charge in [-0.05, 0) is 39.4 Å². The first-order valence-corrected chi connectivity index (χ1v) is 5.57. The molecule has 0 aliphatic heterocycles. The van der Waals surface area contributed by atoms with Crippen LogP contribution in [0.15, 0.2) is 18.2 Å². The van der Waals surface area contributed by atoms with Crippen molar-refractivity contribution in [3.63, 3.8) is 0 Å². The summed E-state index contributed by atoms with van der Waals surface area (Å²) < 4.78 is 0. The van der Waals surface area contributed by atoms with Crippen LogP contribution in [0.25, 0.3) is 0 Å². The lowest BCUT2D eigenvalue weighted by atomic mass is 10.1. The third kappa shape index (κ3) is 3.35. The summed E-state index contributed by atoms with van der Waals surface area (Å²) in [6.07, 6.45) is 0. The number of hydrogen-bond donors (Lipinski definition) is 2. The zero-order valence-corrected chi connectivity index (χ0v) is 10.4.